The molecule has 0 saturated carbocycles. The Labute approximate surface area is 131 Å². The number of methoxy groups -OCH3 is 1. The van der Waals surface area contributed by atoms with Crippen LogP contribution in [0.2, 0.25) is 0 Å². The maximum atomic E-state index is 5.91. The Balaban J connectivity index is 0.00000220. The summed E-state index contributed by atoms with van der Waals surface area (Å²) >= 11 is 0. The molecule has 0 spiro atoms. The van der Waals surface area contributed by atoms with Gasteiger partial charge in [-0.15, -0.1) is 12.4 Å². The lowest BCUT2D eigenvalue weighted by Gasteiger charge is -2.14. The van der Waals surface area contributed by atoms with Gasteiger partial charge in [-0.25, -0.2) is 0 Å². The fourth-order valence-electron chi connectivity index (χ4n) is 1.91. The Morgan fingerprint density at radius 3 is 2.38 bits per heavy atom. The second-order valence-corrected chi connectivity index (χ2v) is 4.53. The number of ether oxygens (including phenoxy) is 2. The van der Waals surface area contributed by atoms with Gasteiger partial charge in [-0.2, -0.15) is 0 Å². The summed E-state index contributed by atoms with van der Waals surface area (Å²) in [6.45, 7) is 0.896. The largest absolute Gasteiger partial charge is 0.493 e. The van der Waals surface area contributed by atoms with Crippen molar-refractivity contribution >= 4 is 12.4 Å². The van der Waals surface area contributed by atoms with Gasteiger partial charge in [-0.3, -0.25) is 0 Å². The zero-order valence-electron chi connectivity index (χ0n) is 12.0. The van der Waals surface area contributed by atoms with E-state index in [2.05, 4.69) is 0 Å². The Hall–Kier alpha value is -1.75. The number of benzene rings is 2. The van der Waals surface area contributed by atoms with E-state index in [9.17, 15) is 0 Å². The molecule has 0 bridgehead atoms. The summed E-state index contributed by atoms with van der Waals surface area (Å²) in [6, 6.07) is 15.5. The van der Waals surface area contributed by atoms with Crippen molar-refractivity contribution in [1.29, 1.82) is 0 Å². The van der Waals surface area contributed by atoms with Crippen LogP contribution in [-0.4, -0.2) is 13.7 Å². The molecular formula is C16H21ClN2O2. The first-order valence-electron chi connectivity index (χ1n) is 6.55. The van der Waals surface area contributed by atoms with Crippen LogP contribution >= 0.6 is 12.4 Å². The van der Waals surface area contributed by atoms with Crippen LogP contribution in [0.4, 0.5) is 0 Å². The quantitative estimate of drug-likeness (QED) is 0.860. The fraction of sp³-hybridized carbons (Fsp3) is 0.250. The lowest BCUT2D eigenvalue weighted by Crippen LogP contribution is -2.20. The van der Waals surface area contributed by atoms with Gasteiger partial charge in [-0.1, -0.05) is 36.4 Å². The third-order valence-electron chi connectivity index (χ3n) is 3.11. The zero-order valence-corrected chi connectivity index (χ0v) is 12.8. The van der Waals surface area contributed by atoms with Crippen LogP contribution in [0, 0.1) is 0 Å². The highest BCUT2D eigenvalue weighted by atomic mass is 35.5. The van der Waals surface area contributed by atoms with Crippen molar-refractivity contribution in [3.05, 3.63) is 59.7 Å². The average Bonchev–Trinajstić information content (AvgIpc) is 2.53. The minimum Gasteiger partial charge on any atom is -0.493 e. The van der Waals surface area contributed by atoms with Crippen LogP contribution in [0.3, 0.4) is 0 Å². The van der Waals surface area contributed by atoms with Crippen LogP contribution in [0.1, 0.15) is 17.2 Å². The van der Waals surface area contributed by atoms with E-state index in [0.717, 1.165) is 11.1 Å². The SMILES string of the molecule is COc1cc([C@@H](N)CN)ccc1OCc1ccccc1.Cl. The second kappa shape index (κ2) is 8.52. The average molecular weight is 309 g/mol. The van der Waals surface area contributed by atoms with Crippen LogP contribution < -0.4 is 20.9 Å². The highest BCUT2D eigenvalue weighted by molar-refractivity contribution is 5.85. The fourth-order valence-corrected chi connectivity index (χ4v) is 1.91. The highest BCUT2D eigenvalue weighted by Crippen LogP contribution is 2.30. The third-order valence-corrected chi connectivity index (χ3v) is 3.11. The zero-order chi connectivity index (χ0) is 14.4. The first kappa shape index (κ1) is 17.3. The van der Waals surface area contributed by atoms with E-state index in [-0.39, 0.29) is 18.4 Å². The lowest BCUT2D eigenvalue weighted by atomic mass is 10.1. The van der Waals surface area contributed by atoms with E-state index in [0.29, 0.717) is 24.7 Å². The minimum absolute atomic E-state index is 0. The summed E-state index contributed by atoms with van der Waals surface area (Å²) < 4.78 is 11.1. The molecule has 0 heterocycles. The monoisotopic (exact) mass is 308 g/mol. The molecule has 0 radical (unpaired) electrons. The molecule has 0 unspecified atom stereocenters. The maximum absolute atomic E-state index is 5.91. The van der Waals surface area contributed by atoms with E-state index in [1.54, 1.807) is 7.11 Å². The molecule has 2 aromatic carbocycles. The van der Waals surface area contributed by atoms with Gasteiger partial charge < -0.3 is 20.9 Å². The van der Waals surface area contributed by atoms with Gasteiger partial charge in [0, 0.05) is 12.6 Å². The normalized spacial score (nSPS) is 11.4. The van der Waals surface area contributed by atoms with Crippen molar-refractivity contribution in [2.24, 2.45) is 11.5 Å². The molecule has 114 valence electrons. The third kappa shape index (κ3) is 4.63. The highest BCUT2D eigenvalue weighted by Gasteiger charge is 2.10. The van der Waals surface area contributed by atoms with Crippen molar-refractivity contribution in [3.63, 3.8) is 0 Å². The molecular weight excluding hydrogens is 288 g/mol. The van der Waals surface area contributed by atoms with Crippen LogP contribution in [0.15, 0.2) is 48.5 Å². The molecule has 4 N–H and O–H groups in total. The number of nitrogens with two attached hydrogens (primary N) is 2. The molecule has 0 aromatic heterocycles. The van der Waals surface area contributed by atoms with Crippen LogP contribution in [-0.2, 0) is 6.61 Å². The van der Waals surface area contributed by atoms with Gasteiger partial charge in [0.15, 0.2) is 11.5 Å². The van der Waals surface area contributed by atoms with Gasteiger partial charge in [0.2, 0.25) is 0 Å². The molecule has 2 rings (SSSR count). The van der Waals surface area contributed by atoms with Gasteiger partial charge in [0.1, 0.15) is 6.61 Å². The summed E-state index contributed by atoms with van der Waals surface area (Å²) in [7, 11) is 1.61. The van der Waals surface area contributed by atoms with Crippen molar-refractivity contribution < 1.29 is 9.47 Å². The smallest absolute Gasteiger partial charge is 0.161 e. The van der Waals surface area contributed by atoms with Gasteiger partial charge >= 0.3 is 0 Å². The van der Waals surface area contributed by atoms with Crippen LogP contribution in [0.25, 0.3) is 0 Å². The Morgan fingerprint density at radius 2 is 1.76 bits per heavy atom. The van der Waals surface area contributed by atoms with Crippen LogP contribution in [0.5, 0.6) is 11.5 Å². The van der Waals surface area contributed by atoms with Gasteiger partial charge in [-0.05, 0) is 23.3 Å². The minimum atomic E-state index is -0.188. The van der Waals surface area contributed by atoms with Crippen molar-refractivity contribution in [1.82, 2.24) is 0 Å². The molecule has 0 aliphatic heterocycles. The maximum Gasteiger partial charge on any atom is 0.161 e. The van der Waals surface area contributed by atoms with Gasteiger partial charge in [0.25, 0.3) is 0 Å². The number of hydrogen-bond acceptors (Lipinski definition) is 4. The Morgan fingerprint density at radius 1 is 1.05 bits per heavy atom. The predicted molar refractivity (Wildman–Crippen MR) is 87.0 cm³/mol. The molecule has 0 saturated heterocycles. The van der Waals surface area contributed by atoms with Gasteiger partial charge in [0.05, 0.1) is 7.11 Å². The topological polar surface area (TPSA) is 70.5 Å². The second-order valence-electron chi connectivity index (χ2n) is 4.53. The van der Waals surface area contributed by atoms with Crippen molar-refractivity contribution in [2.75, 3.05) is 13.7 Å². The predicted octanol–water partition coefficient (Wildman–Crippen LogP) is 2.65. The molecule has 0 aliphatic carbocycles. The summed E-state index contributed by atoms with van der Waals surface area (Å²) in [5.41, 5.74) is 13.5. The first-order chi connectivity index (χ1) is 9.74. The summed E-state index contributed by atoms with van der Waals surface area (Å²) in [5, 5.41) is 0. The number of rotatable bonds is 6. The van der Waals surface area contributed by atoms with E-state index in [4.69, 9.17) is 20.9 Å². The van der Waals surface area contributed by atoms with E-state index < -0.39 is 0 Å². The Kier molecular flexibility index (Phi) is 7.02. The van der Waals surface area contributed by atoms with Crippen molar-refractivity contribution in [2.45, 2.75) is 12.6 Å². The molecule has 0 fully saturated rings. The molecule has 0 aliphatic rings. The van der Waals surface area contributed by atoms with Crippen molar-refractivity contribution in [3.8, 4) is 11.5 Å². The molecule has 0 amide bonds. The number of halogens is 1. The lowest BCUT2D eigenvalue weighted by molar-refractivity contribution is 0.284. The molecule has 2 aromatic rings. The summed E-state index contributed by atoms with van der Waals surface area (Å²) in [4.78, 5) is 0. The summed E-state index contributed by atoms with van der Waals surface area (Å²) in [5.74, 6) is 1.37. The summed E-state index contributed by atoms with van der Waals surface area (Å²) in [6.07, 6.45) is 0. The molecule has 5 heteroatoms. The molecule has 4 nitrogen and oxygen atoms in total. The van der Waals surface area contributed by atoms with E-state index >= 15 is 0 Å². The van der Waals surface area contributed by atoms with E-state index in [1.165, 1.54) is 0 Å². The molecule has 1 atom stereocenters. The Bertz CT molecular complexity index is 549. The van der Waals surface area contributed by atoms with E-state index in [1.807, 2.05) is 48.5 Å². The number of hydrogen-bond donors (Lipinski definition) is 2. The molecule has 21 heavy (non-hydrogen) atoms. The standard InChI is InChI=1S/C16H20N2O2.ClH/c1-19-16-9-13(14(18)10-17)7-8-15(16)20-11-12-5-3-2-4-6-12;/h2-9,14H,10-11,17-18H2,1H3;1H/t14-;/m0./s1. The first-order valence-corrected chi connectivity index (χ1v) is 6.55.